The Kier molecular flexibility index (Phi) is 6.71. The van der Waals surface area contributed by atoms with Crippen molar-refractivity contribution in [1.82, 2.24) is 15.2 Å². The molecule has 5 rings (SSSR count). The molecule has 1 fully saturated rings. The molecule has 0 bridgehead atoms. The van der Waals surface area contributed by atoms with E-state index in [2.05, 4.69) is 15.2 Å². The van der Waals surface area contributed by atoms with Gasteiger partial charge in [-0.15, -0.1) is 10.2 Å². The third kappa shape index (κ3) is 5.44. The minimum Gasteiger partial charge on any atom is -0.487 e. The number of hydrogen-bond acceptors (Lipinski definition) is 6. The lowest BCUT2D eigenvalue weighted by Crippen LogP contribution is -2.08. The molecule has 0 saturated heterocycles. The third-order valence-electron chi connectivity index (χ3n) is 6.38. The van der Waals surface area contributed by atoms with Crippen molar-refractivity contribution in [2.75, 3.05) is 7.11 Å². The van der Waals surface area contributed by atoms with E-state index in [-0.39, 0.29) is 18.1 Å². The lowest BCUT2D eigenvalue weighted by atomic mass is 9.96. The second-order valence-corrected chi connectivity index (χ2v) is 8.91. The Bertz CT molecular complexity index is 1440. The van der Waals surface area contributed by atoms with Crippen molar-refractivity contribution in [2.45, 2.75) is 25.1 Å². The number of nitrogens with zero attached hydrogens (tertiary/aromatic N) is 3. The van der Waals surface area contributed by atoms with Crippen molar-refractivity contribution in [3.05, 3.63) is 89.7 Å². The summed E-state index contributed by atoms with van der Waals surface area (Å²) in [7, 11) is 1.48. The Morgan fingerprint density at radius 2 is 1.76 bits per heavy atom. The van der Waals surface area contributed by atoms with E-state index in [1.807, 2.05) is 0 Å². The van der Waals surface area contributed by atoms with Crippen LogP contribution in [0.1, 0.15) is 29.2 Å². The maximum atomic E-state index is 13.8. The van der Waals surface area contributed by atoms with Crippen molar-refractivity contribution >= 4 is 5.97 Å². The van der Waals surface area contributed by atoms with Gasteiger partial charge in [0.1, 0.15) is 12.4 Å². The van der Waals surface area contributed by atoms with Crippen LogP contribution < -0.4 is 9.47 Å². The summed E-state index contributed by atoms with van der Waals surface area (Å²) in [6.07, 6.45) is -2.48. The Morgan fingerprint density at radius 1 is 1.00 bits per heavy atom. The van der Waals surface area contributed by atoms with E-state index in [0.29, 0.717) is 46.1 Å². The number of aromatic nitrogens is 3. The summed E-state index contributed by atoms with van der Waals surface area (Å²) in [5, 5.41) is 17.1. The average molecular weight is 521 g/mol. The summed E-state index contributed by atoms with van der Waals surface area (Å²) < 4.78 is 52.2. The van der Waals surface area contributed by atoms with Crippen LogP contribution in [0.3, 0.4) is 0 Å². The minimum absolute atomic E-state index is 0.0346. The highest BCUT2D eigenvalue weighted by molar-refractivity contribution is 5.75. The van der Waals surface area contributed by atoms with Crippen molar-refractivity contribution in [1.29, 1.82) is 0 Å². The predicted octanol–water partition coefficient (Wildman–Crippen LogP) is 6.00. The molecule has 0 amide bonds. The molecule has 4 aromatic rings. The molecule has 2 aromatic carbocycles. The van der Waals surface area contributed by atoms with Gasteiger partial charge >= 0.3 is 12.1 Å². The lowest BCUT2D eigenvalue weighted by Gasteiger charge is -2.15. The molecule has 0 unspecified atom stereocenters. The van der Waals surface area contributed by atoms with Gasteiger partial charge in [-0.25, -0.2) is 0 Å². The first kappa shape index (κ1) is 25.2. The van der Waals surface area contributed by atoms with E-state index in [4.69, 9.17) is 14.6 Å². The number of benzene rings is 2. The van der Waals surface area contributed by atoms with Crippen LogP contribution in [0.2, 0.25) is 0 Å². The van der Waals surface area contributed by atoms with E-state index < -0.39 is 23.6 Å². The summed E-state index contributed by atoms with van der Waals surface area (Å²) >= 11 is 0. The number of carbonyl (C=O) groups is 1. The van der Waals surface area contributed by atoms with Crippen molar-refractivity contribution in [3.8, 4) is 34.0 Å². The fourth-order valence-electron chi connectivity index (χ4n) is 4.23. The van der Waals surface area contributed by atoms with E-state index >= 15 is 0 Å². The van der Waals surface area contributed by atoms with Gasteiger partial charge in [0, 0.05) is 23.2 Å². The maximum Gasteiger partial charge on any atom is 0.417 e. The summed E-state index contributed by atoms with van der Waals surface area (Å²) in [4.78, 5) is 15.3. The summed E-state index contributed by atoms with van der Waals surface area (Å²) in [5.41, 5.74) is 2.19. The number of halogens is 3. The number of methoxy groups -OCH3 is 1. The Hall–Kier alpha value is -4.47. The molecule has 1 N–H and O–H groups in total. The van der Waals surface area contributed by atoms with Crippen LogP contribution in [0, 0.1) is 5.92 Å². The second-order valence-electron chi connectivity index (χ2n) is 8.91. The number of carboxylic acid groups (broad SMARTS) is 1. The van der Waals surface area contributed by atoms with E-state index in [0.717, 1.165) is 6.07 Å². The van der Waals surface area contributed by atoms with Crippen LogP contribution in [0.15, 0.2) is 72.9 Å². The molecule has 10 heteroatoms. The Labute approximate surface area is 215 Å². The zero-order valence-corrected chi connectivity index (χ0v) is 20.1. The Balaban J connectivity index is 1.34. The fourth-order valence-corrected chi connectivity index (χ4v) is 4.23. The van der Waals surface area contributed by atoms with Gasteiger partial charge in [-0.1, -0.05) is 30.3 Å². The smallest absolute Gasteiger partial charge is 0.417 e. The van der Waals surface area contributed by atoms with E-state index in [1.54, 1.807) is 48.5 Å². The van der Waals surface area contributed by atoms with Crippen LogP contribution in [0.5, 0.6) is 11.6 Å². The van der Waals surface area contributed by atoms with Crippen LogP contribution in [0.25, 0.3) is 22.4 Å². The molecule has 38 heavy (non-hydrogen) atoms. The Morgan fingerprint density at radius 3 is 2.34 bits per heavy atom. The molecule has 1 saturated carbocycles. The quantitative estimate of drug-likeness (QED) is 0.304. The van der Waals surface area contributed by atoms with E-state index in [1.165, 1.54) is 25.4 Å². The molecule has 0 spiro atoms. The van der Waals surface area contributed by atoms with Gasteiger partial charge in [0.05, 0.1) is 30.5 Å². The van der Waals surface area contributed by atoms with Gasteiger partial charge in [0.2, 0.25) is 5.88 Å². The zero-order valence-electron chi connectivity index (χ0n) is 20.1. The number of rotatable bonds is 8. The number of hydrogen-bond donors (Lipinski definition) is 1. The normalized spacial score (nSPS) is 16.6. The topological polar surface area (TPSA) is 94.4 Å². The van der Waals surface area contributed by atoms with Gasteiger partial charge in [-0.05, 0) is 53.4 Å². The molecule has 1 aliphatic rings. The van der Waals surface area contributed by atoms with E-state index in [9.17, 15) is 18.0 Å². The summed E-state index contributed by atoms with van der Waals surface area (Å²) in [6, 6.07) is 17.3. The van der Waals surface area contributed by atoms with Crippen LogP contribution in [-0.2, 0) is 17.6 Å². The molecule has 2 aromatic heterocycles. The molecular formula is C28H22F3N3O4. The van der Waals surface area contributed by atoms with Crippen molar-refractivity contribution in [2.24, 2.45) is 5.92 Å². The van der Waals surface area contributed by atoms with Gasteiger partial charge < -0.3 is 14.6 Å². The maximum absolute atomic E-state index is 13.8. The number of carboxylic acids is 1. The number of pyridine rings is 1. The van der Waals surface area contributed by atoms with Crippen LogP contribution >= 0.6 is 0 Å². The molecule has 1 aliphatic carbocycles. The van der Waals surface area contributed by atoms with Gasteiger partial charge in [0.25, 0.3) is 0 Å². The standard InChI is InChI=1S/C28H22F3N3O4/c1-37-26-11-10-24(33-34-26)18-5-3-17(4-6-18)20-12-16(2-8-23(20)28(29,30)31)15-38-19-7-9-25(32-14-19)21-13-22(21)27(35)36/h2-12,14,21-22H,13,15H2,1H3,(H,35,36)/t21-,22-/m1/s1. The number of aliphatic carboxylic acids is 1. The monoisotopic (exact) mass is 521 g/mol. The largest absolute Gasteiger partial charge is 0.487 e. The molecule has 2 atom stereocenters. The van der Waals surface area contributed by atoms with Crippen molar-refractivity contribution < 1.29 is 32.5 Å². The first-order valence-corrected chi connectivity index (χ1v) is 11.7. The predicted molar refractivity (Wildman–Crippen MR) is 132 cm³/mol. The lowest BCUT2D eigenvalue weighted by molar-refractivity contribution is -0.139. The molecule has 194 valence electrons. The third-order valence-corrected chi connectivity index (χ3v) is 6.38. The number of ether oxygens (including phenoxy) is 2. The average Bonchev–Trinajstić information content (AvgIpc) is 3.73. The number of alkyl halides is 3. The first-order chi connectivity index (χ1) is 18.2. The SMILES string of the molecule is COc1ccc(-c2ccc(-c3cc(COc4ccc([C@@H]5C[C@H]5C(=O)O)nc4)ccc3C(F)(F)F)cc2)nn1. The fraction of sp³-hybridized carbons (Fsp3) is 0.214. The molecule has 0 aliphatic heterocycles. The summed E-state index contributed by atoms with van der Waals surface area (Å²) in [6.45, 7) is 0.0346. The van der Waals surface area contributed by atoms with Gasteiger partial charge in [0.15, 0.2) is 0 Å². The first-order valence-electron chi connectivity index (χ1n) is 11.7. The molecule has 0 radical (unpaired) electrons. The highest BCUT2D eigenvalue weighted by atomic mass is 19.4. The van der Waals surface area contributed by atoms with Gasteiger partial charge in [-0.2, -0.15) is 13.2 Å². The van der Waals surface area contributed by atoms with Crippen LogP contribution in [-0.4, -0.2) is 33.4 Å². The highest BCUT2D eigenvalue weighted by Gasteiger charge is 2.45. The minimum atomic E-state index is -4.54. The zero-order chi connectivity index (χ0) is 26.9. The van der Waals surface area contributed by atoms with Crippen LogP contribution in [0.4, 0.5) is 13.2 Å². The molecular weight excluding hydrogens is 499 g/mol. The highest BCUT2D eigenvalue weighted by Crippen LogP contribution is 2.47. The molecule has 7 nitrogen and oxygen atoms in total. The second kappa shape index (κ2) is 10.1. The molecule has 2 heterocycles. The van der Waals surface area contributed by atoms with Gasteiger partial charge in [-0.3, -0.25) is 9.78 Å². The summed E-state index contributed by atoms with van der Waals surface area (Å²) in [5.74, 6) is -0.534. The van der Waals surface area contributed by atoms with Crippen molar-refractivity contribution in [3.63, 3.8) is 0 Å².